The molecule has 0 aliphatic heterocycles. The molecule has 0 aromatic heterocycles. The molecular formula is C12H29N. The average molecular weight is 187 g/mol. The van der Waals surface area contributed by atoms with Crippen LogP contribution < -0.4 is 5.32 Å². The Morgan fingerprint density at radius 3 is 1.54 bits per heavy atom. The van der Waals surface area contributed by atoms with E-state index in [2.05, 4.69) is 33.0 Å². The Kier molecular flexibility index (Phi) is 8.53. The normalized spacial score (nSPS) is 11.5. The van der Waals surface area contributed by atoms with Gasteiger partial charge >= 0.3 is 0 Å². The second kappa shape index (κ2) is 8.55. The molecule has 1 nitrogen and oxygen atoms in total. The molecule has 0 aliphatic carbocycles. The van der Waals surface area contributed by atoms with Gasteiger partial charge in [-0.25, -0.2) is 0 Å². The van der Waals surface area contributed by atoms with Crippen molar-refractivity contribution in [3.05, 3.63) is 0 Å². The van der Waals surface area contributed by atoms with Crippen molar-refractivity contribution in [3.8, 4) is 0 Å². The number of nitrogens with one attached hydrogen (secondary N) is 1. The van der Waals surface area contributed by atoms with E-state index in [1.165, 1.54) is 38.8 Å². The Morgan fingerprint density at radius 1 is 0.846 bits per heavy atom. The molecule has 13 heavy (non-hydrogen) atoms. The maximum Gasteiger partial charge on any atom is 0 e. The summed E-state index contributed by atoms with van der Waals surface area (Å²) in [5.41, 5.74) is 0. The SMILES string of the molecule is CC(C)CCCNCCCC(C)C.[HH]. The van der Waals surface area contributed by atoms with Crippen molar-refractivity contribution in [2.45, 2.75) is 53.4 Å². The molecule has 0 spiro atoms. The van der Waals surface area contributed by atoms with Gasteiger partial charge in [-0.15, -0.1) is 0 Å². The molecule has 82 valence electrons. The lowest BCUT2D eigenvalue weighted by Gasteiger charge is -2.07. The molecule has 0 saturated heterocycles. The summed E-state index contributed by atoms with van der Waals surface area (Å²) in [5, 5.41) is 3.50. The van der Waals surface area contributed by atoms with Gasteiger partial charge in [-0.05, 0) is 50.6 Å². The van der Waals surface area contributed by atoms with E-state index in [9.17, 15) is 0 Å². The quantitative estimate of drug-likeness (QED) is 0.571. The predicted octanol–water partition coefficient (Wildman–Crippen LogP) is 3.69. The molecule has 0 bridgehead atoms. The van der Waals surface area contributed by atoms with Gasteiger partial charge in [-0.2, -0.15) is 0 Å². The molecule has 0 atom stereocenters. The first-order valence-corrected chi connectivity index (χ1v) is 5.83. The minimum absolute atomic E-state index is 0. The van der Waals surface area contributed by atoms with Crippen molar-refractivity contribution in [1.29, 1.82) is 0 Å². The molecule has 0 fully saturated rings. The number of rotatable bonds is 8. The zero-order chi connectivity index (χ0) is 10.1. The second-order valence-corrected chi connectivity index (χ2v) is 4.82. The minimum Gasteiger partial charge on any atom is -0.317 e. The molecule has 0 saturated carbocycles. The topological polar surface area (TPSA) is 12.0 Å². The van der Waals surface area contributed by atoms with E-state index >= 15 is 0 Å². The third-order valence-electron chi connectivity index (χ3n) is 2.27. The molecule has 0 radical (unpaired) electrons. The Bertz CT molecular complexity index is 90.5. The first-order valence-electron chi connectivity index (χ1n) is 5.83. The van der Waals surface area contributed by atoms with E-state index in [-0.39, 0.29) is 1.43 Å². The van der Waals surface area contributed by atoms with Crippen LogP contribution in [-0.4, -0.2) is 13.1 Å². The zero-order valence-corrected chi connectivity index (χ0v) is 9.90. The third-order valence-corrected chi connectivity index (χ3v) is 2.27. The van der Waals surface area contributed by atoms with Crippen molar-refractivity contribution in [2.24, 2.45) is 11.8 Å². The molecule has 0 aromatic carbocycles. The summed E-state index contributed by atoms with van der Waals surface area (Å²) in [6.07, 6.45) is 5.38. The van der Waals surface area contributed by atoms with Gasteiger partial charge in [-0.3, -0.25) is 0 Å². The third kappa shape index (κ3) is 12.0. The van der Waals surface area contributed by atoms with Crippen LogP contribution in [0.4, 0.5) is 0 Å². The fourth-order valence-corrected chi connectivity index (χ4v) is 1.40. The van der Waals surface area contributed by atoms with Crippen LogP contribution in [-0.2, 0) is 0 Å². The van der Waals surface area contributed by atoms with Gasteiger partial charge in [-0.1, -0.05) is 27.7 Å². The maximum atomic E-state index is 3.50. The Morgan fingerprint density at radius 2 is 1.23 bits per heavy atom. The van der Waals surface area contributed by atoms with Gasteiger partial charge in [0, 0.05) is 1.43 Å². The first kappa shape index (κ1) is 13.0. The highest BCUT2D eigenvalue weighted by atomic mass is 14.8. The van der Waals surface area contributed by atoms with Gasteiger partial charge < -0.3 is 5.32 Å². The zero-order valence-electron chi connectivity index (χ0n) is 9.90. The minimum atomic E-state index is 0. The van der Waals surface area contributed by atoms with Crippen LogP contribution in [0, 0.1) is 11.8 Å². The molecule has 0 heterocycles. The van der Waals surface area contributed by atoms with Crippen LogP contribution in [0.3, 0.4) is 0 Å². The van der Waals surface area contributed by atoms with Crippen molar-refractivity contribution in [1.82, 2.24) is 5.32 Å². The maximum absolute atomic E-state index is 3.50. The number of hydrogen-bond acceptors (Lipinski definition) is 1. The van der Waals surface area contributed by atoms with Crippen LogP contribution >= 0.6 is 0 Å². The van der Waals surface area contributed by atoms with Crippen LogP contribution in [0.1, 0.15) is 54.8 Å². The molecule has 0 aromatic rings. The predicted molar refractivity (Wildman–Crippen MR) is 63.1 cm³/mol. The lowest BCUT2D eigenvalue weighted by atomic mass is 10.1. The van der Waals surface area contributed by atoms with Crippen LogP contribution in [0.2, 0.25) is 0 Å². The Hall–Kier alpha value is -0.0400. The highest BCUT2D eigenvalue weighted by Crippen LogP contribution is 2.03. The molecule has 1 N–H and O–H groups in total. The smallest absolute Gasteiger partial charge is 0 e. The highest BCUT2D eigenvalue weighted by Gasteiger charge is 1.95. The van der Waals surface area contributed by atoms with E-state index in [4.69, 9.17) is 0 Å². The van der Waals surface area contributed by atoms with Crippen LogP contribution in [0.15, 0.2) is 0 Å². The Labute approximate surface area is 85.8 Å². The van der Waals surface area contributed by atoms with Crippen molar-refractivity contribution in [2.75, 3.05) is 13.1 Å². The molecule has 0 rings (SSSR count). The lowest BCUT2D eigenvalue weighted by molar-refractivity contribution is 0.498. The van der Waals surface area contributed by atoms with Gasteiger partial charge in [0.1, 0.15) is 0 Å². The fraction of sp³-hybridized carbons (Fsp3) is 1.00. The van der Waals surface area contributed by atoms with E-state index in [0.717, 1.165) is 11.8 Å². The molecule has 0 aliphatic rings. The van der Waals surface area contributed by atoms with E-state index in [1.807, 2.05) is 0 Å². The van der Waals surface area contributed by atoms with Crippen molar-refractivity contribution >= 4 is 0 Å². The van der Waals surface area contributed by atoms with E-state index in [1.54, 1.807) is 0 Å². The molecule has 1 heteroatoms. The lowest BCUT2D eigenvalue weighted by Crippen LogP contribution is -2.17. The second-order valence-electron chi connectivity index (χ2n) is 4.82. The largest absolute Gasteiger partial charge is 0.317 e. The summed E-state index contributed by atoms with van der Waals surface area (Å²) in [4.78, 5) is 0. The first-order chi connectivity index (χ1) is 6.13. The van der Waals surface area contributed by atoms with Gasteiger partial charge in [0.25, 0.3) is 0 Å². The van der Waals surface area contributed by atoms with Crippen molar-refractivity contribution < 1.29 is 1.43 Å². The standard InChI is InChI=1S/C12H27N.H2/c1-11(2)7-5-9-13-10-6-8-12(3)4;/h11-13H,5-10H2,1-4H3;1H. The van der Waals surface area contributed by atoms with Gasteiger partial charge in [0.05, 0.1) is 0 Å². The number of hydrogen-bond donors (Lipinski definition) is 1. The highest BCUT2D eigenvalue weighted by molar-refractivity contribution is 4.52. The van der Waals surface area contributed by atoms with E-state index < -0.39 is 0 Å². The summed E-state index contributed by atoms with van der Waals surface area (Å²) < 4.78 is 0. The van der Waals surface area contributed by atoms with Crippen LogP contribution in [0.5, 0.6) is 0 Å². The molecule has 0 amide bonds. The Balaban J connectivity index is 0. The van der Waals surface area contributed by atoms with Gasteiger partial charge in [0.2, 0.25) is 0 Å². The fourth-order valence-electron chi connectivity index (χ4n) is 1.40. The summed E-state index contributed by atoms with van der Waals surface area (Å²) >= 11 is 0. The summed E-state index contributed by atoms with van der Waals surface area (Å²) in [6, 6.07) is 0. The molecular weight excluding hydrogens is 158 g/mol. The van der Waals surface area contributed by atoms with Crippen LogP contribution in [0.25, 0.3) is 0 Å². The summed E-state index contributed by atoms with van der Waals surface area (Å²) in [5.74, 6) is 1.72. The van der Waals surface area contributed by atoms with Crippen molar-refractivity contribution in [3.63, 3.8) is 0 Å². The van der Waals surface area contributed by atoms with E-state index in [0.29, 0.717) is 0 Å². The van der Waals surface area contributed by atoms with Gasteiger partial charge in [0.15, 0.2) is 0 Å². The molecule has 0 unspecified atom stereocenters. The summed E-state index contributed by atoms with van der Waals surface area (Å²) in [6.45, 7) is 11.6. The monoisotopic (exact) mass is 187 g/mol. The summed E-state index contributed by atoms with van der Waals surface area (Å²) in [7, 11) is 0. The average Bonchev–Trinajstić information content (AvgIpc) is 2.01.